The van der Waals surface area contributed by atoms with Gasteiger partial charge in [0, 0.05) is 11.6 Å². The summed E-state index contributed by atoms with van der Waals surface area (Å²) in [5, 5.41) is 6.37. The highest BCUT2D eigenvalue weighted by molar-refractivity contribution is 6.03. The van der Waals surface area contributed by atoms with Gasteiger partial charge < -0.3 is 14.6 Å². The molecule has 0 saturated heterocycles. The highest BCUT2D eigenvalue weighted by Crippen LogP contribution is 2.16. The standard InChI is InChI=1S/C14H16N2O3/c1-9(2)18-12-6-4-5-11(8-12)14(17)15-13-7-10(3)19-16-13/h4-9H,1-3H3,(H,15,16,17). The Morgan fingerprint density at radius 1 is 1.37 bits per heavy atom. The van der Waals surface area contributed by atoms with Crippen molar-refractivity contribution in [2.75, 3.05) is 5.32 Å². The summed E-state index contributed by atoms with van der Waals surface area (Å²) in [5.41, 5.74) is 0.513. The van der Waals surface area contributed by atoms with Crippen LogP contribution in [0.4, 0.5) is 5.82 Å². The van der Waals surface area contributed by atoms with Crippen LogP contribution in [0.15, 0.2) is 34.9 Å². The third-order valence-corrected chi connectivity index (χ3v) is 2.34. The predicted octanol–water partition coefficient (Wildman–Crippen LogP) is 3.02. The average molecular weight is 260 g/mol. The summed E-state index contributed by atoms with van der Waals surface area (Å²) in [6, 6.07) is 8.67. The van der Waals surface area contributed by atoms with E-state index >= 15 is 0 Å². The van der Waals surface area contributed by atoms with Crippen LogP contribution in [-0.4, -0.2) is 17.2 Å². The molecular weight excluding hydrogens is 244 g/mol. The molecule has 1 aromatic heterocycles. The van der Waals surface area contributed by atoms with Crippen LogP contribution in [0.3, 0.4) is 0 Å². The number of amides is 1. The van der Waals surface area contributed by atoms with Gasteiger partial charge in [0.2, 0.25) is 0 Å². The molecule has 100 valence electrons. The van der Waals surface area contributed by atoms with Crippen LogP contribution in [0.2, 0.25) is 0 Å². The van der Waals surface area contributed by atoms with Crippen LogP contribution in [0.1, 0.15) is 30.0 Å². The minimum Gasteiger partial charge on any atom is -0.491 e. The molecule has 5 nitrogen and oxygen atoms in total. The first-order chi connectivity index (χ1) is 9.04. The van der Waals surface area contributed by atoms with Crippen molar-refractivity contribution in [3.8, 4) is 5.75 Å². The predicted molar refractivity (Wildman–Crippen MR) is 71.4 cm³/mol. The molecule has 0 aliphatic carbocycles. The van der Waals surface area contributed by atoms with Crippen molar-refractivity contribution >= 4 is 11.7 Å². The number of carbonyl (C=O) groups is 1. The van der Waals surface area contributed by atoms with Crippen LogP contribution >= 0.6 is 0 Å². The summed E-state index contributed by atoms with van der Waals surface area (Å²) in [4.78, 5) is 12.0. The average Bonchev–Trinajstić information content (AvgIpc) is 2.74. The van der Waals surface area contributed by atoms with Crippen molar-refractivity contribution in [1.29, 1.82) is 0 Å². The number of nitrogens with zero attached hydrogens (tertiary/aromatic N) is 1. The zero-order valence-electron chi connectivity index (χ0n) is 11.1. The molecule has 2 rings (SSSR count). The molecule has 0 saturated carbocycles. The second kappa shape index (κ2) is 5.56. The number of anilines is 1. The fourth-order valence-electron chi connectivity index (χ4n) is 1.60. The van der Waals surface area contributed by atoms with E-state index in [9.17, 15) is 4.79 Å². The lowest BCUT2D eigenvalue weighted by molar-refractivity contribution is 0.102. The molecule has 0 fully saturated rings. The van der Waals surface area contributed by atoms with Gasteiger partial charge in [0.15, 0.2) is 5.82 Å². The van der Waals surface area contributed by atoms with Gasteiger partial charge in [0.25, 0.3) is 5.91 Å². The van der Waals surface area contributed by atoms with E-state index < -0.39 is 0 Å². The number of aryl methyl sites for hydroxylation is 1. The Balaban J connectivity index is 2.10. The molecule has 2 aromatic rings. The van der Waals surface area contributed by atoms with Crippen LogP contribution in [0.25, 0.3) is 0 Å². The lowest BCUT2D eigenvalue weighted by Crippen LogP contribution is -2.13. The van der Waals surface area contributed by atoms with Crippen molar-refractivity contribution in [1.82, 2.24) is 5.16 Å². The van der Waals surface area contributed by atoms with Crippen molar-refractivity contribution < 1.29 is 14.1 Å². The maximum atomic E-state index is 12.0. The number of hydrogen-bond acceptors (Lipinski definition) is 4. The molecule has 0 unspecified atom stereocenters. The Kier molecular flexibility index (Phi) is 3.85. The van der Waals surface area contributed by atoms with Crippen molar-refractivity contribution in [3.63, 3.8) is 0 Å². The van der Waals surface area contributed by atoms with Gasteiger partial charge in [-0.2, -0.15) is 0 Å². The van der Waals surface area contributed by atoms with Crippen LogP contribution < -0.4 is 10.1 Å². The monoisotopic (exact) mass is 260 g/mol. The number of aromatic nitrogens is 1. The first-order valence-corrected chi connectivity index (χ1v) is 6.06. The van der Waals surface area contributed by atoms with Gasteiger partial charge in [0.05, 0.1) is 6.10 Å². The number of nitrogens with one attached hydrogen (secondary N) is 1. The third-order valence-electron chi connectivity index (χ3n) is 2.34. The molecule has 0 bridgehead atoms. The largest absolute Gasteiger partial charge is 0.491 e. The number of rotatable bonds is 4. The molecular formula is C14H16N2O3. The first kappa shape index (κ1) is 13.1. The smallest absolute Gasteiger partial charge is 0.257 e. The van der Waals surface area contributed by atoms with Crippen molar-refractivity contribution in [2.24, 2.45) is 0 Å². The van der Waals surface area contributed by atoms with Gasteiger partial charge in [0.1, 0.15) is 11.5 Å². The Morgan fingerprint density at radius 2 is 2.16 bits per heavy atom. The molecule has 1 amide bonds. The van der Waals surface area contributed by atoms with E-state index in [0.29, 0.717) is 22.9 Å². The topological polar surface area (TPSA) is 64.4 Å². The zero-order valence-corrected chi connectivity index (χ0v) is 11.1. The van der Waals surface area contributed by atoms with Gasteiger partial charge in [-0.3, -0.25) is 4.79 Å². The minimum absolute atomic E-state index is 0.0662. The molecule has 1 aromatic carbocycles. The summed E-state index contributed by atoms with van der Waals surface area (Å²) < 4.78 is 10.4. The van der Waals surface area contributed by atoms with E-state index in [1.165, 1.54) is 0 Å². The molecule has 0 aliphatic heterocycles. The van der Waals surface area contributed by atoms with Gasteiger partial charge in [-0.25, -0.2) is 0 Å². The quantitative estimate of drug-likeness (QED) is 0.917. The lowest BCUT2D eigenvalue weighted by Gasteiger charge is -2.10. The SMILES string of the molecule is Cc1cc(NC(=O)c2cccc(OC(C)C)c2)no1. The van der Waals surface area contributed by atoms with Gasteiger partial charge >= 0.3 is 0 Å². The molecule has 19 heavy (non-hydrogen) atoms. The number of ether oxygens (including phenoxy) is 1. The Hall–Kier alpha value is -2.30. The lowest BCUT2D eigenvalue weighted by atomic mass is 10.2. The molecule has 1 heterocycles. The van der Waals surface area contributed by atoms with E-state index in [2.05, 4.69) is 10.5 Å². The first-order valence-electron chi connectivity index (χ1n) is 6.06. The maximum absolute atomic E-state index is 12.0. The number of hydrogen-bond donors (Lipinski definition) is 1. The summed E-state index contributed by atoms with van der Waals surface area (Å²) in [6.07, 6.45) is 0.0662. The Bertz CT molecular complexity index is 576. The van der Waals surface area contributed by atoms with Gasteiger partial charge in [-0.15, -0.1) is 0 Å². The van der Waals surface area contributed by atoms with Gasteiger partial charge in [-0.1, -0.05) is 11.2 Å². The summed E-state index contributed by atoms with van der Waals surface area (Å²) in [6.45, 7) is 5.63. The second-order valence-corrected chi connectivity index (χ2v) is 4.47. The third kappa shape index (κ3) is 3.58. The van der Waals surface area contributed by atoms with Gasteiger partial charge in [-0.05, 0) is 39.0 Å². The van der Waals surface area contributed by atoms with Crippen molar-refractivity contribution in [3.05, 3.63) is 41.7 Å². The normalized spacial score (nSPS) is 10.5. The van der Waals surface area contributed by atoms with Crippen molar-refractivity contribution in [2.45, 2.75) is 26.9 Å². The van der Waals surface area contributed by atoms with E-state index in [1.54, 1.807) is 31.2 Å². The Morgan fingerprint density at radius 3 is 2.79 bits per heavy atom. The summed E-state index contributed by atoms with van der Waals surface area (Å²) in [7, 11) is 0. The Labute approximate surface area is 111 Å². The molecule has 0 spiro atoms. The summed E-state index contributed by atoms with van der Waals surface area (Å²) in [5.74, 6) is 1.46. The highest BCUT2D eigenvalue weighted by Gasteiger charge is 2.10. The van der Waals surface area contributed by atoms with Crippen LogP contribution in [-0.2, 0) is 0 Å². The molecule has 5 heteroatoms. The van der Waals surface area contributed by atoms with Crippen LogP contribution in [0, 0.1) is 6.92 Å². The second-order valence-electron chi connectivity index (χ2n) is 4.47. The molecule has 0 radical (unpaired) electrons. The van der Waals surface area contributed by atoms with E-state index in [0.717, 1.165) is 0 Å². The van der Waals surface area contributed by atoms with E-state index in [4.69, 9.17) is 9.26 Å². The molecule has 0 atom stereocenters. The highest BCUT2D eigenvalue weighted by atomic mass is 16.5. The fourth-order valence-corrected chi connectivity index (χ4v) is 1.60. The van der Waals surface area contributed by atoms with E-state index in [-0.39, 0.29) is 12.0 Å². The van der Waals surface area contributed by atoms with Crippen LogP contribution in [0.5, 0.6) is 5.75 Å². The zero-order chi connectivity index (χ0) is 13.8. The number of carbonyl (C=O) groups excluding carboxylic acids is 1. The number of benzene rings is 1. The minimum atomic E-state index is -0.248. The fraction of sp³-hybridized carbons (Fsp3) is 0.286. The molecule has 1 N–H and O–H groups in total. The maximum Gasteiger partial charge on any atom is 0.257 e. The summed E-state index contributed by atoms with van der Waals surface area (Å²) >= 11 is 0. The molecule has 0 aliphatic rings. The van der Waals surface area contributed by atoms with E-state index in [1.807, 2.05) is 19.9 Å².